The molecule has 3 aromatic rings. The van der Waals surface area contributed by atoms with E-state index in [0.717, 1.165) is 94.3 Å². The maximum Gasteiger partial charge on any atom is 0.260 e. The van der Waals surface area contributed by atoms with Gasteiger partial charge in [0.15, 0.2) is 5.82 Å². The molecule has 2 fully saturated rings. The highest BCUT2D eigenvalue weighted by Crippen LogP contribution is 2.34. The van der Waals surface area contributed by atoms with E-state index in [2.05, 4.69) is 44.2 Å². The molecular weight excluding hydrogens is 516 g/mol. The molecule has 2 saturated heterocycles. The van der Waals surface area contributed by atoms with Gasteiger partial charge in [0, 0.05) is 57.4 Å². The van der Waals surface area contributed by atoms with Crippen LogP contribution in [0.15, 0.2) is 30.6 Å². The molecule has 41 heavy (non-hydrogen) atoms. The van der Waals surface area contributed by atoms with E-state index < -0.39 is 0 Å². The fourth-order valence-electron chi connectivity index (χ4n) is 6.31. The Bertz CT molecular complexity index is 1370. The average molecular weight is 559 g/mol. The molecule has 0 radical (unpaired) electrons. The number of amides is 1. The fraction of sp³-hybridized carbons (Fsp3) is 0.567. The van der Waals surface area contributed by atoms with Crippen LogP contribution in [-0.2, 0) is 19.6 Å². The first-order valence-electron chi connectivity index (χ1n) is 15.1. The van der Waals surface area contributed by atoms with Crippen LogP contribution < -0.4 is 15.1 Å². The number of pyridine rings is 2. The van der Waals surface area contributed by atoms with Crippen molar-refractivity contribution in [3.8, 4) is 11.5 Å². The number of hydrogen-bond acceptors (Lipinski definition) is 9. The highest BCUT2D eigenvalue weighted by Gasteiger charge is 2.34. The molecule has 6 heterocycles. The molecule has 0 unspecified atom stereocenters. The van der Waals surface area contributed by atoms with E-state index in [4.69, 9.17) is 9.97 Å². The number of carbonyl (C=O) groups excluding carboxylic acids is 1. The lowest BCUT2D eigenvalue weighted by Crippen LogP contribution is -2.44. The number of piperazine rings is 1. The van der Waals surface area contributed by atoms with Crippen molar-refractivity contribution in [1.82, 2.24) is 39.8 Å². The van der Waals surface area contributed by atoms with Gasteiger partial charge in [0.05, 0.1) is 17.8 Å². The number of nitrogens with one attached hydrogen (secondary N) is 1. The molecule has 0 aromatic carbocycles. The lowest BCUT2D eigenvalue weighted by atomic mass is 10.1. The third kappa shape index (κ3) is 5.84. The van der Waals surface area contributed by atoms with Gasteiger partial charge < -0.3 is 24.6 Å². The van der Waals surface area contributed by atoms with E-state index in [1.54, 1.807) is 11.2 Å². The summed E-state index contributed by atoms with van der Waals surface area (Å²) in [4.78, 5) is 33.0. The second-order valence-corrected chi connectivity index (χ2v) is 11.5. The third-order valence-electron chi connectivity index (χ3n) is 8.68. The van der Waals surface area contributed by atoms with E-state index in [1.165, 1.54) is 0 Å². The van der Waals surface area contributed by atoms with Gasteiger partial charge in [-0.15, -0.1) is 10.2 Å². The molecule has 218 valence electrons. The number of fused-ring (bicyclic) bond motifs is 1. The molecule has 1 N–H and O–H groups in total. The van der Waals surface area contributed by atoms with Crippen LogP contribution in [0.4, 0.5) is 11.6 Å². The summed E-state index contributed by atoms with van der Waals surface area (Å²) in [6, 6.07) is 8.20. The van der Waals surface area contributed by atoms with Crippen molar-refractivity contribution in [3.05, 3.63) is 47.4 Å². The second kappa shape index (κ2) is 12.2. The Kier molecular flexibility index (Phi) is 8.27. The van der Waals surface area contributed by atoms with Crippen LogP contribution in [0.5, 0.6) is 0 Å². The number of aryl methyl sites for hydroxylation is 1. The lowest BCUT2D eigenvalue weighted by Gasteiger charge is -2.28. The highest BCUT2D eigenvalue weighted by molar-refractivity contribution is 6.10. The van der Waals surface area contributed by atoms with Gasteiger partial charge in [0.25, 0.3) is 5.91 Å². The summed E-state index contributed by atoms with van der Waals surface area (Å²) in [5.41, 5.74) is 3.48. The molecular formula is C30H42N10O. The second-order valence-electron chi connectivity index (χ2n) is 11.5. The normalized spacial score (nSPS) is 19.5. The summed E-state index contributed by atoms with van der Waals surface area (Å²) in [6.07, 6.45) is 5.13. The minimum atomic E-state index is -0.0141. The zero-order valence-electron chi connectivity index (χ0n) is 24.6. The van der Waals surface area contributed by atoms with Gasteiger partial charge in [-0.25, -0.2) is 9.97 Å². The van der Waals surface area contributed by atoms with Crippen LogP contribution in [0, 0.1) is 0 Å². The molecule has 0 bridgehead atoms. The van der Waals surface area contributed by atoms with Gasteiger partial charge in [-0.1, -0.05) is 6.07 Å². The van der Waals surface area contributed by atoms with Crippen LogP contribution >= 0.6 is 0 Å². The quantitative estimate of drug-likeness (QED) is 0.403. The Hall–Kier alpha value is -3.41. The molecule has 0 spiro atoms. The van der Waals surface area contributed by atoms with Crippen molar-refractivity contribution in [2.45, 2.75) is 58.8 Å². The molecule has 3 aromatic heterocycles. The summed E-state index contributed by atoms with van der Waals surface area (Å²) in [5.74, 6) is 2.24. The van der Waals surface area contributed by atoms with Crippen molar-refractivity contribution < 1.29 is 4.79 Å². The first-order valence-corrected chi connectivity index (χ1v) is 15.1. The number of aromatic nitrogens is 5. The van der Waals surface area contributed by atoms with Crippen LogP contribution in [-0.4, -0.2) is 99.3 Å². The van der Waals surface area contributed by atoms with Gasteiger partial charge in [0.2, 0.25) is 0 Å². The minimum Gasteiger partial charge on any atom is -0.354 e. The maximum absolute atomic E-state index is 13.9. The van der Waals surface area contributed by atoms with Gasteiger partial charge in [0.1, 0.15) is 23.7 Å². The van der Waals surface area contributed by atoms with E-state index in [-0.39, 0.29) is 5.91 Å². The minimum absolute atomic E-state index is 0.0141. The summed E-state index contributed by atoms with van der Waals surface area (Å²) >= 11 is 0. The number of rotatable bonds is 10. The standard InChI is InChI=1S/C30H42N10O/c1-4-38-21-32-35-29(38)25-9-5-10-27(33-25)40-19-24-23(30(40)41)18-28(39-15-6-8-22(39)2)34-26(24)20-36(3)13-7-14-37-16-11-31-12-17-37/h5,9-10,18,21-22,31H,4,6-8,11-17,19-20H2,1-3H3/t22-/m1/s1. The Balaban J connectivity index is 1.25. The van der Waals surface area contributed by atoms with Crippen molar-refractivity contribution in [3.63, 3.8) is 0 Å². The van der Waals surface area contributed by atoms with Crippen molar-refractivity contribution in [2.24, 2.45) is 0 Å². The Labute approximate surface area is 242 Å². The van der Waals surface area contributed by atoms with Gasteiger partial charge in [-0.05, 0) is 71.4 Å². The zero-order valence-corrected chi connectivity index (χ0v) is 24.6. The van der Waals surface area contributed by atoms with Gasteiger partial charge in [-0.3, -0.25) is 9.69 Å². The molecule has 6 rings (SSSR count). The van der Waals surface area contributed by atoms with Crippen LogP contribution in [0.2, 0.25) is 0 Å². The van der Waals surface area contributed by atoms with Gasteiger partial charge >= 0.3 is 0 Å². The summed E-state index contributed by atoms with van der Waals surface area (Å²) in [6.45, 7) is 13.7. The van der Waals surface area contributed by atoms with Crippen LogP contribution in [0.25, 0.3) is 11.5 Å². The number of nitrogens with zero attached hydrogens (tertiary/aromatic N) is 9. The van der Waals surface area contributed by atoms with Crippen LogP contribution in [0.1, 0.15) is 54.7 Å². The van der Waals surface area contributed by atoms with Crippen molar-refractivity contribution in [1.29, 1.82) is 0 Å². The first-order chi connectivity index (χ1) is 20.0. The zero-order chi connectivity index (χ0) is 28.3. The molecule has 1 amide bonds. The molecule has 11 heteroatoms. The SMILES string of the molecule is CCn1cnnc1-c1cccc(N2Cc3c(cc(N4CCC[C@H]4C)nc3CN(C)CCCN3CCNCC3)C2=O)n1. The molecule has 3 aliphatic rings. The molecule has 3 aliphatic heterocycles. The van der Waals surface area contributed by atoms with Crippen molar-refractivity contribution in [2.75, 3.05) is 62.7 Å². The summed E-state index contributed by atoms with van der Waals surface area (Å²) in [5, 5.41) is 11.7. The molecule has 0 saturated carbocycles. The predicted octanol–water partition coefficient (Wildman–Crippen LogP) is 2.63. The number of anilines is 2. The number of carbonyl (C=O) groups is 1. The largest absolute Gasteiger partial charge is 0.354 e. The van der Waals surface area contributed by atoms with Crippen LogP contribution in [0.3, 0.4) is 0 Å². The van der Waals surface area contributed by atoms with E-state index in [0.29, 0.717) is 36.5 Å². The smallest absolute Gasteiger partial charge is 0.260 e. The monoisotopic (exact) mass is 558 g/mol. The van der Waals surface area contributed by atoms with Gasteiger partial charge in [-0.2, -0.15) is 0 Å². The van der Waals surface area contributed by atoms with E-state index in [1.807, 2.05) is 35.8 Å². The van der Waals surface area contributed by atoms with E-state index >= 15 is 0 Å². The summed E-state index contributed by atoms with van der Waals surface area (Å²) in [7, 11) is 2.17. The van der Waals surface area contributed by atoms with Crippen molar-refractivity contribution >= 4 is 17.5 Å². The summed E-state index contributed by atoms with van der Waals surface area (Å²) < 4.78 is 1.95. The molecule has 1 atom stereocenters. The third-order valence-corrected chi connectivity index (χ3v) is 8.68. The first kappa shape index (κ1) is 27.7. The number of hydrogen-bond donors (Lipinski definition) is 1. The average Bonchev–Trinajstić information content (AvgIpc) is 3.72. The Morgan fingerprint density at radius 1 is 1.12 bits per heavy atom. The molecule has 11 nitrogen and oxygen atoms in total. The van der Waals surface area contributed by atoms with E-state index in [9.17, 15) is 4.79 Å². The Morgan fingerprint density at radius 2 is 1.98 bits per heavy atom. The Morgan fingerprint density at radius 3 is 2.76 bits per heavy atom. The fourth-order valence-corrected chi connectivity index (χ4v) is 6.31. The predicted molar refractivity (Wildman–Crippen MR) is 160 cm³/mol. The molecule has 0 aliphatic carbocycles. The topological polar surface area (TPSA) is 98.5 Å². The maximum atomic E-state index is 13.9. The lowest BCUT2D eigenvalue weighted by molar-refractivity contribution is 0.0996. The highest BCUT2D eigenvalue weighted by atomic mass is 16.2.